The van der Waals surface area contributed by atoms with Gasteiger partial charge in [0.05, 0.1) is 11.4 Å². The van der Waals surface area contributed by atoms with Gasteiger partial charge in [0.1, 0.15) is 11.4 Å². The Labute approximate surface area is 160 Å². The first-order chi connectivity index (χ1) is 13.3. The minimum absolute atomic E-state index is 0.0553. The van der Waals surface area contributed by atoms with Gasteiger partial charge in [-0.25, -0.2) is 9.67 Å². The standard InChI is InChI=1S/C21H17N3O2S/c25-17(19-12-15-6-4-5-9-18(15)26-19)13-27-21-22-20(14-10-11-14)24(23-21)16-7-2-1-3-8-16/h1-9,12,14H,10-11,13H2. The van der Waals surface area contributed by atoms with Crippen molar-refractivity contribution in [1.29, 1.82) is 0 Å². The van der Waals surface area contributed by atoms with Gasteiger partial charge in [-0.1, -0.05) is 48.2 Å². The molecular formula is C21H17N3O2S. The molecule has 0 bridgehead atoms. The topological polar surface area (TPSA) is 60.9 Å². The number of nitrogens with zero attached hydrogens (tertiary/aromatic N) is 3. The largest absolute Gasteiger partial charge is 0.453 e. The quantitative estimate of drug-likeness (QED) is 0.355. The van der Waals surface area contributed by atoms with Gasteiger partial charge in [-0.05, 0) is 37.1 Å². The first kappa shape index (κ1) is 16.3. The fourth-order valence-electron chi connectivity index (χ4n) is 3.05. The van der Waals surface area contributed by atoms with Crippen molar-refractivity contribution in [3.05, 3.63) is 72.2 Å². The lowest BCUT2D eigenvalue weighted by Crippen LogP contribution is -2.02. The molecule has 134 valence electrons. The third kappa shape index (κ3) is 3.28. The highest BCUT2D eigenvalue weighted by molar-refractivity contribution is 7.99. The van der Waals surface area contributed by atoms with Gasteiger partial charge in [0.2, 0.25) is 10.9 Å². The Morgan fingerprint density at radius 1 is 1.11 bits per heavy atom. The minimum atomic E-state index is -0.0553. The highest BCUT2D eigenvalue weighted by Gasteiger charge is 2.30. The maximum absolute atomic E-state index is 12.5. The fraction of sp³-hybridized carbons (Fsp3) is 0.190. The van der Waals surface area contributed by atoms with E-state index in [2.05, 4.69) is 10.1 Å². The van der Waals surface area contributed by atoms with Crippen molar-refractivity contribution >= 4 is 28.5 Å². The minimum Gasteiger partial charge on any atom is -0.453 e. The average molecular weight is 375 g/mol. The number of para-hydroxylation sites is 2. The summed E-state index contributed by atoms with van der Waals surface area (Å²) in [4.78, 5) is 17.2. The monoisotopic (exact) mass is 375 g/mol. The molecule has 0 radical (unpaired) electrons. The number of hydrogen-bond donors (Lipinski definition) is 0. The van der Waals surface area contributed by atoms with Crippen LogP contribution in [0.4, 0.5) is 0 Å². The number of benzene rings is 2. The Morgan fingerprint density at radius 3 is 2.67 bits per heavy atom. The highest BCUT2D eigenvalue weighted by Crippen LogP contribution is 2.40. The summed E-state index contributed by atoms with van der Waals surface area (Å²) >= 11 is 1.36. The van der Waals surface area contributed by atoms with Crippen LogP contribution >= 0.6 is 11.8 Å². The molecule has 0 aliphatic heterocycles. The van der Waals surface area contributed by atoms with E-state index in [0.29, 0.717) is 16.8 Å². The van der Waals surface area contributed by atoms with E-state index in [9.17, 15) is 4.79 Å². The molecule has 1 aliphatic carbocycles. The van der Waals surface area contributed by atoms with Crippen molar-refractivity contribution in [1.82, 2.24) is 14.8 Å². The molecule has 2 heterocycles. The first-order valence-corrected chi connectivity index (χ1v) is 9.93. The van der Waals surface area contributed by atoms with Crippen LogP contribution in [-0.4, -0.2) is 26.3 Å². The highest BCUT2D eigenvalue weighted by atomic mass is 32.2. The van der Waals surface area contributed by atoms with E-state index in [0.717, 1.165) is 35.3 Å². The van der Waals surface area contributed by atoms with Gasteiger partial charge < -0.3 is 4.42 Å². The van der Waals surface area contributed by atoms with Gasteiger partial charge >= 0.3 is 0 Å². The van der Waals surface area contributed by atoms with E-state index in [1.165, 1.54) is 11.8 Å². The average Bonchev–Trinajstić information content (AvgIpc) is 3.31. The normalized spacial score (nSPS) is 13.9. The molecule has 5 nitrogen and oxygen atoms in total. The Hall–Kier alpha value is -2.86. The summed E-state index contributed by atoms with van der Waals surface area (Å²) < 4.78 is 7.56. The number of carbonyl (C=O) groups is 1. The Balaban J connectivity index is 1.35. The predicted molar refractivity (Wildman–Crippen MR) is 105 cm³/mol. The second kappa shape index (κ2) is 6.70. The van der Waals surface area contributed by atoms with Crippen LogP contribution in [0.15, 0.2) is 70.2 Å². The zero-order valence-electron chi connectivity index (χ0n) is 14.5. The van der Waals surface area contributed by atoms with Crippen LogP contribution in [0, 0.1) is 0 Å². The van der Waals surface area contributed by atoms with E-state index in [1.807, 2.05) is 59.3 Å². The summed E-state index contributed by atoms with van der Waals surface area (Å²) in [6.07, 6.45) is 2.29. The first-order valence-electron chi connectivity index (χ1n) is 8.95. The third-order valence-corrected chi connectivity index (χ3v) is 5.43. The maximum atomic E-state index is 12.5. The molecule has 1 saturated carbocycles. The van der Waals surface area contributed by atoms with Crippen LogP contribution in [0.2, 0.25) is 0 Å². The molecule has 5 rings (SSSR count). The summed E-state index contributed by atoms with van der Waals surface area (Å²) in [6.45, 7) is 0. The lowest BCUT2D eigenvalue weighted by Gasteiger charge is -2.03. The van der Waals surface area contributed by atoms with Crippen molar-refractivity contribution < 1.29 is 9.21 Å². The van der Waals surface area contributed by atoms with Crippen molar-refractivity contribution in [2.45, 2.75) is 23.9 Å². The van der Waals surface area contributed by atoms with Gasteiger partial charge in [-0.2, -0.15) is 0 Å². The fourth-order valence-corrected chi connectivity index (χ4v) is 3.75. The smallest absolute Gasteiger partial charge is 0.209 e. The van der Waals surface area contributed by atoms with E-state index < -0.39 is 0 Å². The Bertz CT molecular complexity index is 1080. The second-order valence-electron chi connectivity index (χ2n) is 6.63. The van der Waals surface area contributed by atoms with Crippen LogP contribution in [0.25, 0.3) is 16.7 Å². The summed E-state index contributed by atoms with van der Waals surface area (Å²) in [7, 11) is 0. The SMILES string of the molecule is O=C(CSc1nc(C2CC2)n(-c2ccccc2)n1)c1cc2ccccc2o1. The molecule has 0 amide bonds. The Kier molecular flexibility index (Phi) is 4.05. The van der Waals surface area contributed by atoms with E-state index in [4.69, 9.17) is 4.42 Å². The van der Waals surface area contributed by atoms with Crippen molar-refractivity contribution in [3.8, 4) is 5.69 Å². The molecule has 0 N–H and O–H groups in total. The third-order valence-electron chi connectivity index (χ3n) is 4.59. The Morgan fingerprint density at radius 2 is 1.89 bits per heavy atom. The van der Waals surface area contributed by atoms with Crippen molar-refractivity contribution in [2.24, 2.45) is 0 Å². The second-order valence-corrected chi connectivity index (χ2v) is 7.58. The van der Waals surface area contributed by atoms with Gasteiger partial charge in [-0.15, -0.1) is 5.10 Å². The van der Waals surface area contributed by atoms with Crippen LogP contribution in [0.3, 0.4) is 0 Å². The summed E-state index contributed by atoms with van der Waals surface area (Å²) in [5.41, 5.74) is 1.73. The van der Waals surface area contributed by atoms with E-state index in [-0.39, 0.29) is 11.5 Å². The molecule has 0 spiro atoms. The van der Waals surface area contributed by atoms with Crippen LogP contribution in [-0.2, 0) is 0 Å². The molecule has 6 heteroatoms. The molecule has 2 aromatic heterocycles. The van der Waals surface area contributed by atoms with Gasteiger partial charge in [0.15, 0.2) is 5.76 Å². The van der Waals surface area contributed by atoms with Crippen molar-refractivity contribution in [2.75, 3.05) is 5.75 Å². The number of thioether (sulfide) groups is 1. The predicted octanol–water partition coefficient (Wildman–Crippen LogP) is 4.87. The molecule has 2 aromatic carbocycles. The number of aromatic nitrogens is 3. The molecule has 27 heavy (non-hydrogen) atoms. The summed E-state index contributed by atoms with van der Waals surface area (Å²) in [5.74, 6) is 2.04. The lowest BCUT2D eigenvalue weighted by molar-refractivity contribution is 0.0994. The number of fused-ring (bicyclic) bond motifs is 1. The summed E-state index contributed by atoms with van der Waals surface area (Å²) in [5, 5.41) is 6.20. The maximum Gasteiger partial charge on any atom is 0.209 e. The molecule has 1 fully saturated rings. The summed E-state index contributed by atoms with van der Waals surface area (Å²) in [6, 6.07) is 19.4. The molecular weight excluding hydrogens is 358 g/mol. The zero-order chi connectivity index (χ0) is 18.2. The molecule has 0 atom stereocenters. The number of carbonyl (C=O) groups excluding carboxylic acids is 1. The number of furan rings is 1. The van der Waals surface area contributed by atoms with Crippen LogP contribution in [0.5, 0.6) is 0 Å². The number of ketones is 1. The van der Waals surface area contributed by atoms with Crippen molar-refractivity contribution in [3.63, 3.8) is 0 Å². The number of hydrogen-bond acceptors (Lipinski definition) is 5. The lowest BCUT2D eigenvalue weighted by atomic mass is 10.2. The zero-order valence-corrected chi connectivity index (χ0v) is 15.4. The molecule has 0 unspecified atom stereocenters. The van der Waals surface area contributed by atoms with Gasteiger partial charge in [0, 0.05) is 11.3 Å². The number of Topliss-reactive ketones (excluding diaryl/α,β-unsaturated/α-hetero) is 1. The van der Waals surface area contributed by atoms with Crippen LogP contribution in [0.1, 0.15) is 35.1 Å². The van der Waals surface area contributed by atoms with Gasteiger partial charge in [0.25, 0.3) is 0 Å². The number of rotatable bonds is 6. The molecule has 4 aromatic rings. The molecule has 0 saturated heterocycles. The molecule has 1 aliphatic rings. The van der Waals surface area contributed by atoms with E-state index >= 15 is 0 Å². The van der Waals surface area contributed by atoms with E-state index in [1.54, 1.807) is 6.07 Å². The van der Waals surface area contributed by atoms with Crippen LogP contribution < -0.4 is 0 Å². The van der Waals surface area contributed by atoms with Gasteiger partial charge in [-0.3, -0.25) is 4.79 Å².